The molecule has 0 spiro atoms. The number of rotatable bonds is 5. The Balaban J connectivity index is 2.22. The number of likely N-dealkylation sites (N-methyl/N-ethyl adjacent to an activating group) is 1. The molecule has 0 saturated heterocycles. The third kappa shape index (κ3) is 3.58. The van der Waals surface area contributed by atoms with Gasteiger partial charge in [0.25, 0.3) is 0 Å². The fourth-order valence-corrected chi connectivity index (χ4v) is 2.58. The Morgan fingerprint density at radius 1 is 1.16 bits per heavy atom. The molecular weight excluding hydrogens is 302 g/mol. The number of methoxy groups -OCH3 is 1. The molecule has 1 unspecified atom stereocenters. The number of ether oxygens (including phenoxy) is 1. The first-order valence-corrected chi connectivity index (χ1v) is 7.08. The Bertz CT molecular complexity index is 542. The molecule has 3 heteroatoms. The minimum absolute atomic E-state index is 0.272. The number of nitrogens with one attached hydrogen (secondary N) is 1. The van der Waals surface area contributed by atoms with Gasteiger partial charge in [0.05, 0.1) is 7.11 Å². The van der Waals surface area contributed by atoms with E-state index in [2.05, 4.69) is 51.6 Å². The predicted molar refractivity (Wildman–Crippen MR) is 82.6 cm³/mol. The lowest BCUT2D eigenvalue weighted by molar-refractivity contribution is 0.413. The summed E-state index contributed by atoms with van der Waals surface area (Å²) >= 11 is 3.60. The second kappa shape index (κ2) is 6.73. The predicted octanol–water partition coefficient (Wildman–Crippen LogP) is 3.96. The molecule has 0 aliphatic heterocycles. The standard InChI is InChI=1S/C16H18BrNO/c1-18-16(11-12-6-3-4-9-15(12)17)13-7-5-8-14(10-13)19-2/h3-10,16,18H,11H2,1-2H3. The molecule has 2 nitrogen and oxygen atoms in total. The van der Waals surface area contributed by atoms with E-state index in [-0.39, 0.29) is 6.04 Å². The second-order valence-corrected chi connectivity index (χ2v) is 5.27. The fraction of sp³-hybridized carbons (Fsp3) is 0.250. The molecule has 0 fully saturated rings. The van der Waals surface area contributed by atoms with Gasteiger partial charge >= 0.3 is 0 Å². The monoisotopic (exact) mass is 319 g/mol. The van der Waals surface area contributed by atoms with Crippen LogP contribution in [0.2, 0.25) is 0 Å². The summed E-state index contributed by atoms with van der Waals surface area (Å²) in [6.07, 6.45) is 0.936. The normalized spacial score (nSPS) is 12.2. The largest absolute Gasteiger partial charge is 0.497 e. The van der Waals surface area contributed by atoms with Crippen molar-refractivity contribution in [3.8, 4) is 5.75 Å². The molecule has 2 aromatic rings. The van der Waals surface area contributed by atoms with Crippen LogP contribution in [0.3, 0.4) is 0 Å². The van der Waals surface area contributed by atoms with Crippen LogP contribution in [-0.2, 0) is 6.42 Å². The van der Waals surface area contributed by atoms with Crippen molar-refractivity contribution >= 4 is 15.9 Å². The maximum atomic E-state index is 5.29. The molecule has 0 radical (unpaired) electrons. The Hall–Kier alpha value is -1.32. The van der Waals surface area contributed by atoms with Crippen LogP contribution >= 0.6 is 15.9 Å². The molecule has 0 heterocycles. The van der Waals surface area contributed by atoms with Crippen molar-refractivity contribution < 1.29 is 4.74 Å². The van der Waals surface area contributed by atoms with Gasteiger partial charge in [0.2, 0.25) is 0 Å². The van der Waals surface area contributed by atoms with E-state index in [1.165, 1.54) is 11.1 Å². The van der Waals surface area contributed by atoms with Crippen LogP contribution in [0.5, 0.6) is 5.75 Å². The zero-order valence-electron chi connectivity index (χ0n) is 11.2. The van der Waals surface area contributed by atoms with E-state index in [4.69, 9.17) is 4.74 Å². The maximum absolute atomic E-state index is 5.29. The topological polar surface area (TPSA) is 21.3 Å². The first-order chi connectivity index (χ1) is 9.24. The van der Waals surface area contributed by atoms with E-state index in [1.807, 2.05) is 25.2 Å². The summed E-state index contributed by atoms with van der Waals surface area (Å²) < 4.78 is 6.44. The lowest BCUT2D eigenvalue weighted by atomic mass is 9.99. The van der Waals surface area contributed by atoms with E-state index in [0.717, 1.165) is 16.6 Å². The van der Waals surface area contributed by atoms with E-state index >= 15 is 0 Å². The molecule has 1 N–H and O–H groups in total. The van der Waals surface area contributed by atoms with Crippen LogP contribution in [0.1, 0.15) is 17.2 Å². The molecule has 0 saturated carbocycles. The van der Waals surface area contributed by atoms with Gasteiger partial charge in [-0.25, -0.2) is 0 Å². The van der Waals surface area contributed by atoms with Gasteiger partial charge < -0.3 is 10.1 Å². The van der Waals surface area contributed by atoms with Crippen molar-refractivity contribution in [2.75, 3.05) is 14.2 Å². The van der Waals surface area contributed by atoms with Crippen LogP contribution in [-0.4, -0.2) is 14.2 Å². The maximum Gasteiger partial charge on any atom is 0.119 e. The molecule has 0 bridgehead atoms. The van der Waals surface area contributed by atoms with Gasteiger partial charge in [0, 0.05) is 10.5 Å². The molecule has 100 valence electrons. The highest BCUT2D eigenvalue weighted by Crippen LogP contribution is 2.25. The molecule has 0 aromatic heterocycles. The lowest BCUT2D eigenvalue weighted by Crippen LogP contribution is -2.19. The van der Waals surface area contributed by atoms with Gasteiger partial charge in [-0.1, -0.05) is 46.3 Å². The number of hydrogen-bond donors (Lipinski definition) is 1. The smallest absolute Gasteiger partial charge is 0.119 e. The van der Waals surface area contributed by atoms with Gasteiger partial charge in [-0.15, -0.1) is 0 Å². The second-order valence-electron chi connectivity index (χ2n) is 4.41. The highest BCUT2D eigenvalue weighted by molar-refractivity contribution is 9.10. The molecule has 2 rings (SSSR count). The SMILES string of the molecule is CNC(Cc1ccccc1Br)c1cccc(OC)c1. The number of benzene rings is 2. The van der Waals surface area contributed by atoms with Crippen LogP contribution < -0.4 is 10.1 Å². The quantitative estimate of drug-likeness (QED) is 0.900. The summed E-state index contributed by atoms with van der Waals surface area (Å²) in [6, 6.07) is 16.8. The summed E-state index contributed by atoms with van der Waals surface area (Å²) in [6.45, 7) is 0. The first kappa shape index (κ1) is 14.1. The molecule has 0 aliphatic carbocycles. The van der Waals surface area contributed by atoms with Gasteiger partial charge in [-0.3, -0.25) is 0 Å². The van der Waals surface area contributed by atoms with E-state index < -0.39 is 0 Å². The van der Waals surface area contributed by atoms with Crippen LogP contribution in [0.25, 0.3) is 0 Å². The summed E-state index contributed by atoms with van der Waals surface area (Å²) in [4.78, 5) is 0. The Morgan fingerprint density at radius 2 is 1.95 bits per heavy atom. The van der Waals surface area contributed by atoms with E-state index in [0.29, 0.717) is 0 Å². The number of halogens is 1. The highest BCUT2D eigenvalue weighted by Gasteiger charge is 2.12. The van der Waals surface area contributed by atoms with Gasteiger partial charge in [-0.05, 0) is 42.8 Å². The van der Waals surface area contributed by atoms with Crippen molar-refractivity contribution in [2.24, 2.45) is 0 Å². The fourth-order valence-electron chi connectivity index (χ4n) is 2.13. The van der Waals surface area contributed by atoms with Crippen molar-refractivity contribution in [1.29, 1.82) is 0 Å². The third-order valence-electron chi connectivity index (χ3n) is 3.23. The minimum Gasteiger partial charge on any atom is -0.497 e. The summed E-state index contributed by atoms with van der Waals surface area (Å²) in [5, 5.41) is 3.37. The zero-order chi connectivity index (χ0) is 13.7. The first-order valence-electron chi connectivity index (χ1n) is 6.29. The third-order valence-corrected chi connectivity index (χ3v) is 4.00. The average molecular weight is 320 g/mol. The van der Waals surface area contributed by atoms with Crippen molar-refractivity contribution in [3.63, 3.8) is 0 Å². The lowest BCUT2D eigenvalue weighted by Gasteiger charge is -2.18. The molecule has 0 aliphatic rings. The summed E-state index contributed by atoms with van der Waals surface area (Å²) in [5.74, 6) is 0.893. The van der Waals surface area contributed by atoms with Gasteiger partial charge in [0.1, 0.15) is 5.75 Å². The van der Waals surface area contributed by atoms with Crippen molar-refractivity contribution in [2.45, 2.75) is 12.5 Å². The van der Waals surface area contributed by atoms with Gasteiger partial charge in [0.15, 0.2) is 0 Å². The Morgan fingerprint density at radius 3 is 2.63 bits per heavy atom. The van der Waals surface area contributed by atoms with Crippen molar-refractivity contribution in [1.82, 2.24) is 5.32 Å². The summed E-state index contributed by atoms with van der Waals surface area (Å²) in [7, 11) is 3.68. The minimum atomic E-state index is 0.272. The van der Waals surface area contributed by atoms with E-state index in [1.54, 1.807) is 7.11 Å². The van der Waals surface area contributed by atoms with Gasteiger partial charge in [-0.2, -0.15) is 0 Å². The summed E-state index contributed by atoms with van der Waals surface area (Å²) in [5.41, 5.74) is 2.53. The zero-order valence-corrected chi connectivity index (χ0v) is 12.8. The van der Waals surface area contributed by atoms with Crippen LogP contribution in [0.15, 0.2) is 53.0 Å². The molecule has 2 aromatic carbocycles. The highest BCUT2D eigenvalue weighted by atomic mass is 79.9. The van der Waals surface area contributed by atoms with Crippen LogP contribution in [0, 0.1) is 0 Å². The average Bonchev–Trinajstić information content (AvgIpc) is 2.46. The molecule has 0 amide bonds. The number of hydrogen-bond acceptors (Lipinski definition) is 2. The van der Waals surface area contributed by atoms with Crippen LogP contribution in [0.4, 0.5) is 0 Å². The molecule has 19 heavy (non-hydrogen) atoms. The molecular formula is C16H18BrNO. The molecule has 1 atom stereocenters. The van der Waals surface area contributed by atoms with E-state index in [9.17, 15) is 0 Å². The Kier molecular flexibility index (Phi) is 5.00. The Labute approximate surface area is 122 Å². The van der Waals surface area contributed by atoms with Crippen molar-refractivity contribution in [3.05, 3.63) is 64.1 Å².